The third-order valence-corrected chi connectivity index (χ3v) is 5.41. The van der Waals surface area contributed by atoms with E-state index in [1.165, 1.54) is 42.5 Å². The molecule has 1 fully saturated rings. The lowest BCUT2D eigenvalue weighted by atomic mass is 10.1. The Morgan fingerprint density at radius 1 is 0.974 bits per heavy atom. The minimum Gasteiger partial charge on any atom is -0.494 e. The van der Waals surface area contributed by atoms with Gasteiger partial charge in [0.05, 0.1) is 22.8 Å². The maximum atomic E-state index is 13.0. The van der Waals surface area contributed by atoms with Crippen LogP contribution in [-0.4, -0.2) is 29.4 Å². The number of halogens is 3. The third-order valence-electron chi connectivity index (χ3n) is 5.41. The molecule has 0 unspecified atom stereocenters. The van der Waals surface area contributed by atoms with Crippen LogP contribution in [0.15, 0.2) is 72.3 Å². The first-order valence-electron chi connectivity index (χ1n) is 11.3. The lowest BCUT2D eigenvalue weighted by molar-refractivity contribution is -0.385. The van der Waals surface area contributed by atoms with Crippen molar-refractivity contribution < 1.29 is 42.0 Å². The molecule has 1 aliphatic rings. The Kier molecular flexibility index (Phi) is 7.33. The molecule has 200 valence electrons. The van der Waals surface area contributed by atoms with Gasteiger partial charge in [0.2, 0.25) is 5.75 Å². The molecule has 1 heterocycles. The Morgan fingerprint density at radius 3 is 2.21 bits per heavy atom. The lowest BCUT2D eigenvalue weighted by Gasteiger charge is -2.26. The normalized spacial score (nSPS) is 14.8. The predicted octanol–water partition coefficient (Wildman–Crippen LogP) is 5.47. The van der Waals surface area contributed by atoms with Crippen LogP contribution < -0.4 is 19.7 Å². The van der Waals surface area contributed by atoms with Crippen molar-refractivity contribution in [3.05, 3.63) is 93.5 Å². The molecule has 0 atom stereocenters. The van der Waals surface area contributed by atoms with Gasteiger partial charge in [-0.3, -0.25) is 25.0 Å². The van der Waals surface area contributed by atoms with E-state index in [1.54, 1.807) is 19.1 Å². The fourth-order valence-electron chi connectivity index (χ4n) is 3.60. The number of benzene rings is 3. The van der Waals surface area contributed by atoms with E-state index in [1.807, 2.05) is 0 Å². The van der Waals surface area contributed by atoms with Crippen LogP contribution in [-0.2, 0) is 15.8 Å². The van der Waals surface area contributed by atoms with Gasteiger partial charge in [0.1, 0.15) is 17.1 Å². The van der Waals surface area contributed by atoms with Crippen molar-refractivity contribution in [1.82, 2.24) is 5.32 Å². The molecule has 0 aromatic heterocycles. The van der Waals surface area contributed by atoms with Crippen molar-refractivity contribution >= 4 is 35.3 Å². The predicted molar refractivity (Wildman–Crippen MR) is 131 cm³/mol. The molecule has 4 amide bonds. The van der Waals surface area contributed by atoms with Crippen LogP contribution in [0, 0.1) is 10.1 Å². The lowest BCUT2D eigenvalue weighted by Crippen LogP contribution is -2.54. The summed E-state index contributed by atoms with van der Waals surface area (Å²) in [6, 6.07) is 12.6. The van der Waals surface area contributed by atoms with Crippen LogP contribution in [0.3, 0.4) is 0 Å². The fourth-order valence-corrected chi connectivity index (χ4v) is 3.60. The van der Waals surface area contributed by atoms with Crippen LogP contribution in [0.1, 0.15) is 18.1 Å². The summed E-state index contributed by atoms with van der Waals surface area (Å²) in [5, 5.41) is 13.4. The van der Waals surface area contributed by atoms with Crippen LogP contribution in [0.2, 0.25) is 0 Å². The van der Waals surface area contributed by atoms with E-state index in [2.05, 4.69) is 5.32 Å². The number of nitrogens with zero attached hydrogens (tertiary/aromatic N) is 2. The highest BCUT2D eigenvalue weighted by molar-refractivity contribution is 6.39. The number of amides is 4. The van der Waals surface area contributed by atoms with Gasteiger partial charge in [0, 0.05) is 6.07 Å². The zero-order chi connectivity index (χ0) is 28.3. The molecule has 0 bridgehead atoms. The van der Waals surface area contributed by atoms with E-state index in [9.17, 15) is 37.7 Å². The molecule has 1 aliphatic heterocycles. The summed E-state index contributed by atoms with van der Waals surface area (Å²) in [4.78, 5) is 48.9. The summed E-state index contributed by atoms with van der Waals surface area (Å²) in [5.41, 5.74) is -1.86. The van der Waals surface area contributed by atoms with Crippen LogP contribution in [0.5, 0.6) is 17.2 Å². The summed E-state index contributed by atoms with van der Waals surface area (Å²) < 4.78 is 49.5. The van der Waals surface area contributed by atoms with Crippen molar-refractivity contribution in [1.29, 1.82) is 0 Å². The highest BCUT2D eigenvalue weighted by atomic mass is 19.4. The van der Waals surface area contributed by atoms with Gasteiger partial charge < -0.3 is 9.47 Å². The minimum absolute atomic E-state index is 0.0469. The molecule has 4 rings (SSSR count). The molecule has 1 saturated heterocycles. The number of nitro groups is 1. The first-order valence-corrected chi connectivity index (χ1v) is 11.3. The van der Waals surface area contributed by atoms with Crippen LogP contribution in [0.25, 0.3) is 6.08 Å². The Bertz CT molecular complexity index is 1480. The second-order valence-corrected chi connectivity index (χ2v) is 7.99. The molecule has 0 saturated carbocycles. The smallest absolute Gasteiger partial charge is 0.416 e. The third kappa shape index (κ3) is 5.87. The number of hydrogen-bond donors (Lipinski definition) is 1. The maximum Gasteiger partial charge on any atom is 0.416 e. The first kappa shape index (κ1) is 26.9. The first-order chi connectivity index (χ1) is 18.5. The SMILES string of the molecule is CCOc1ccc(N2C(=O)NC(=O)/C(=C\c3ccc(Oc4ccc(C(F)(F)F)cc4[N+](=O)[O-])cc3)C2=O)cc1. The standard InChI is InChI=1S/C26H18F3N3O7/c1-2-38-18-10-6-17(7-11-18)31-24(34)20(23(33)30-25(31)35)13-15-3-8-19(9-4-15)39-22-12-5-16(26(27,28)29)14-21(22)32(36)37/h3-14H,2H2,1H3,(H,30,33,35)/b20-13+. The van der Waals surface area contributed by atoms with E-state index >= 15 is 0 Å². The van der Waals surface area contributed by atoms with Gasteiger partial charge in [-0.25, -0.2) is 9.69 Å². The number of nitrogens with one attached hydrogen (secondary N) is 1. The maximum absolute atomic E-state index is 13.0. The van der Waals surface area contributed by atoms with Crippen molar-refractivity contribution in [2.24, 2.45) is 0 Å². The average molecular weight is 541 g/mol. The highest BCUT2D eigenvalue weighted by Crippen LogP contribution is 2.38. The van der Waals surface area contributed by atoms with E-state index in [4.69, 9.17) is 9.47 Å². The number of hydrogen-bond acceptors (Lipinski definition) is 7. The molecule has 0 spiro atoms. The van der Waals surface area contributed by atoms with Crippen LogP contribution >= 0.6 is 0 Å². The van der Waals surface area contributed by atoms with Gasteiger partial charge in [-0.05, 0) is 67.1 Å². The number of alkyl halides is 3. The Balaban J connectivity index is 1.56. The number of nitro benzene ring substituents is 1. The van der Waals surface area contributed by atoms with Gasteiger partial charge in [0.25, 0.3) is 11.8 Å². The number of rotatable bonds is 7. The largest absolute Gasteiger partial charge is 0.494 e. The van der Waals surface area contributed by atoms with E-state index in [0.29, 0.717) is 30.1 Å². The summed E-state index contributed by atoms with van der Waals surface area (Å²) >= 11 is 0. The van der Waals surface area contributed by atoms with Gasteiger partial charge in [-0.2, -0.15) is 13.2 Å². The fraction of sp³-hybridized carbons (Fsp3) is 0.115. The van der Waals surface area contributed by atoms with Gasteiger partial charge in [-0.1, -0.05) is 12.1 Å². The molecule has 0 aliphatic carbocycles. The van der Waals surface area contributed by atoms with Crippen molar-refractivity contribution in [3.8, 4) is 17.2 Å². The minimum atomic E-state index is -4.77. The van der Waals surface area contributed by atoms with E-state index in [0.717, 1.165) is 11.0 Å². The molecule has 39 heavy (non-hydrogen) atoms. The molecule has 13 heteroatoms. The van der Waals surface area contributed by atoms with Gasteiger partial charge >= 0.3 is 17.9 Å². The number of urea groups is 1. The average Bonchev–Trinajstić information content (AvgIpc) is 2.88. The number of imide groups is 2. The summed E-state index contributed by atoms with van der Waals surface area (Å²) in [6.45, 7) is 2.23. The van der Waals surface area contributed by atoms with Crippen LogP contribution in [0.4, 0.5) is 29.3 Å². The number of carbonyl (C=O) groups excluding carboxylic acids is 3. The molecular formula is C26H18F3N3O7. The zero-order valence-corrected chi connectivity index (χ0v) is 20.0. The molecule has 1 N–H and O–H groups in total. The Hall–Kier alpha value is -5.20. The zero-order valence-electron chi connectivity index (χ0n) is 20.0. The molecular weight excluding hydrogens is 523 g/mol. The molecule has 10 nitrogen and oxygen atoms in total. The van der Waals surface area contributed by atoms with E-state index in [-0.39, 0.29) is 17.0 Å². The Morgan fingerprint density at radius 2 is 1.62 bits per heavy atom. The van der Waals surface area contributed by atoms with Gasteiger partial charge in [0.15, 0.2) is 0 Å². The molecule has 3 aromatic carbocycles. The molecule has 3 aromatic rings. The second kappa shape index (κ2) is 10.7. The molecule has 0 radical (unpaired) electrons. The van der Waals surface area contributed by atoms with Crippen molar-refractivity contribution in [3.63, 3.8) is 0 Å². The Labute approximate surface area is 218 Å². The second-order valence-electron chi connectivity index (χ2n) is 7.99. The monoisotopic (exact) mass is 541 g/mol. The number of anilines is 1. The quantitative estimate of drug-likeness (QED) is 0.182. The van der Waals surface area contributed by atoms with Crippen molar-refractivity contribution in [2.75, 3.05) is 11.5 Å². The van der Waals surface area contributed by atoms with E-state index < -0.39 is 45.9 Å². The topological polar surface area (TPSA) is 128 Å². The summed E-state index contributed by atoms with van der Waals surface area (Å²) in [7, 11) is 0. The number of barbiturate groups is 1. The number of ether oxygens (including phenoxy) is 2. The number of carbonyl (C=O) groups is 3. The summed E-state index contributed by atoms with van der Waals surface area (Å²) in [6.07, 6.45) is -3.54. The highest BCUT2D eigenvalue weighted by Gasteiger charge is 2.37. The van der Waals surface area contributed by atoms with Gasteiger partial charge in [-0.15, -0.1) is 0 Å². The summed E-state index contributed by atoms with van der Waals surface area (Å²) in [5.74, 6) is -1.61. The van der Waals surface area contributed by atoms with Crippen molar-refractivity contribution in [2.45, 2.75) is 13.1 Å².